The molecule has 5 nitrogen and oxygen atoms in total. The molecule has 0 saturated carbocycles. The predicted octanol–water partition coefficient (Wildman–Crippen LogP) is 1.08. The molecule has 0 aliphatic carbocycles. The number of hydrogen-bond acceptors (Lipinski definition) is 4. The number of carbonyl (C=O) groups is 1. The second kappa shape index (κ2) is 6.12. The number of fused-ring (bicyclic) bond motifs is 1. The van der Waals surface area contributed by atoms with Crippen LogP contribution in [0.3, 0.4) is 0 Å². The lowest BCUT2D eigenvalue weighted by Crippen LogP contribution is -2.50. The molecule has 1 fully saturated rings. The van der Waals surface area contributed by atoms with Crippen molar-refractivity contribution < 1.29 is 9.53 Å². The van der Waals surface area contributed by atoms with Crippen molar-refractivity contribution in [1.29, 1.82) is 0 Å². The van der Waals surface area contributed by atoms with Gasteiger partial charge < -0.3 is 15.0 Å². The van der Waals surface area contributed by atoms with Crippen LogP contribution < -0.4 is 5.32 Å². The molecule has 114 valence electrons. The molecule has 0 radical (unpaired) electrons. The van der Waals surface area contributed by atoms with Gasteiger partial charge in [-0.15, -0.1) is 0 Å². The van der Waals surface area contributed by atoms with Gasteiger partial charge in [0.15, 0.2) is 0 Å². The first-order chi connectivity index (χ1) is 10.1. The number of amides is 1. The van der Waals surface area contributed by atoms with Crippen LogP contribution in [-0.4, -0.2) is 48.1 Å². The van der Waals surface area contributed by atoms with Crippen LogP contribution in [0.4, 0.5) is 0 Å². The summed E-state index contributed by atoms with van der Waals surface area (Å²) in [4.78, 5) is 19.1. The molecular formula is C16H23N3O2. The normalized spacial score (nSPS) is 22.2. The zero-order valence-corrected chi connectivity index (χ0v) is 12.8. The van der Waals surface area contributed by atoms with Gasteiger partial charge in [-0.3, -0.25) is 9.78 Å². The van der Waals surface area contributed by atoms with E-state index in [1.807, 2.05) is 4.90 Å². The Hall–Kier alpha value is -1.46. The molecule has 21 heavy (non-hydrogen) atoms. The number of aromatic nitrogens is 1. The number of hydrogen-bond donors (Lipinski definition) is 1. The summed E-state index contributed by atoms with van der Waals surface area (Å²) < 4.78 is 5.56. The number of morpholine rings is 1. The maximum atomic E-state index is 12.5. The van der Waals surface area contributed by atoms with Crippen molar-refractivity contribution in [1.82, 2.24) is 15.2 Å². The molecule has 0 bridgehead atoms. The molecule has 3 heterocycles. The maximum Gasteiger partial charge on any atom is 0.253 e. The second-order valence-corrected chi connectivity index (χ2v) is 6.07. The Kier molecular flexibility index (Phi) is 4.22. The van der Waals surface area contributed by atoms with Gasteiger partial charge in [0.25, 0.3) is 5.91 Å². The van der Waals surface area contributed by atoms with Crippen LogP contribution in [0, 0.1) is 0 Å². The van der Waals surface area contributed by atoms with Crippen LogP contribution in [0.15, 0.2) is 12.1 Å². The van der Waals surface area contributed by atoms with Crippen molar-refractivity contribution in [3.8, 4) is 0 Å². The fraction of sp³-hybridized carbons (Fsp3) is 0.625. The lowest BCUT2D eigenvalue weighted by atomic mass is 10.0. The van der Waals surface area contributed by atoms with Gasteiger partial charge in [0.2, 0.25) is 0 Å². The molecule has 1 aromatic rings. The van der Waals surface area contributed by atoms with E-state index in [9.17, 15) is 4.79 Å². The van der Waals surface area contributed by atoms with Gasteiger partial charge in [0.05, 0.1) is 6.61 Å². The Bertz CT molecular complexity index is 524. The first-order valence-corrected chi connectivity index (χ1v) is 7.75. The second-order valence-electron chi connectivity index (χ2n) is 6.07. The van der Waals surface area contributed by atoms with Crippen LogP contribution in [0.1, 0.15) is 36.7 Å². The fourth-order valence-corrected chi connectivity index (χ4v) is 2.87. The van der Waals surface area contributed by atoms with Crippen LogP contribution in [-0.2, 0) is 22.5 Å². The van der Waals surface area contributed by atoms with Crippen molar-refractivity contribution in [2.24, 2.45) is 0 Å². The predicted molar refractivity (Wildman–Crippen MR) is 80.1 cm³/mol. The summed E-state index contributed by atoms with van der Waals surface area (Å²) in [5.74, 6) is 0.539. The van der Waals surface area contributed by atoms with Gasteiger partial charge in [0, 0.05) is 44.0 Å². The first kappa shape index (κ1) is 14.5. The van der Waals surface area contributed by atoms with Gasteiger partial charge >= 0.3 is 0 Å². The van der Waals surface area contributed by atoms with E-state index < -0.39 is 0 Å². The van der Waals surface area contributed by atoms with E-state index in [4.69, 9.17) is 9.72 Å². The number of pyridine rings is 1. The molecule has 1 aromatic heterocycles. The zero-order valence-electron chi connectivity index (χ0n) is 12.8. The minimum atomic E-state index is -0.330. The largest absolute Gasteiger partial charge is 0.366 e. The molecule has 1 saturated heterocycles. The Morgan fingerprint density at radius 1 is 1.48 bits per heavy atom. The summed E-state index contributed by atoms with van der Waals surface area (Å²) in [7, 11) is 0. The molecule has 0 aromatic carbocycles. The smallest absolute Gasteiger partial charge is 0.253 e. The van der Waals surface area contributed by atoms with E-state index in [1.54, 1.807) is 0 Å². The lowest BCUT2D eigenvalue weighted by Gasteiger charge is -2.33. The lowest BCUT2D eigenvalue weighted by molar-refractivity contribution is -0.146. The Morgan fingerprint density at radius 3 is 3.05 bits per heavy atom. The van der Waals surface area contributed by atoms with Gasteiger partial charge in [-0.25, -0.2) is 0 Å². The number of carbonyl (C=O) groups excluding carboxylic acids is 1. The molecule has 0 spiro atoms. The monoisotopic (exact) mass is 289 g/mol. The Balaban J connectivity index is 1.70. The van der Waals surface area contributed by atoms with Gasteiger partial charge in [-0.05, 0) is 17.5 Å². The Labute approximate surface area is 125 Å². The van der Waals surface area contributed by atoms with Crippen LogP contribution in [0.5, 0.6) is 0 Å². The minimum Gasteiger partial charge on any atom is -0.366 e. The van der Waals surface area contributed by atoms with Crippen LogP contribution in [0.25, 0.3) is 0 Å². The van der Waals surface area contributed by atoms with E-state index in [2.05, 4.69) is 31.3 Å². The third kappa shape index (κ3) is 3.09. The zero-order chi connectivity index (χ0) is 14.8. The summed E-state index contributed by atoms with van der Waals surface area (Å²) in [6, 6.07) is 4.20. The van der Waals surface area contributed by atoms with Crippen molar-refractivity contribution in [3.05, 3.63) is 29.1 Å². The first-order valence-electron chi connectivity index (χ1n) is 7.75. The average Bonchev–Trinajstić information content (AvgIpc) is 2.54. The summed E-state index contributed by atoms with van der Waals surface area (Å²) in [5.41, 5.74) is 3.45. The highest BCUT2D eigenvalue weighted by molar-refractivity contribution is 5.81. The SMILES string of the molecule is CC(C)c1ccc2c(n1)CCN(C(=O)C1CNCCO1)C2. The van der Waals surface area contributed by atoms with Crippen molar-refractivity contribution in [2.45, 2.75) is 38.8 Å². The number of ether oxygens (including phenoxy) is 1. The van der Waals surface area contributed by atoms with Crippen molar-refractivity contribution >= 4 is 5.91 Å². The van der Waals surface area contributed by atoms with Gasteiger partial charge in [-0.2, -0.15) is 0 Å². The molecule has 5 heteroatoms. The molecule has 1 amide bonds. The minimum absolute atomic E-state index is 0.0980. The van der Waals surface area contributed by atoms with Gasteiger partial charge in [-0.1, -0.05) is 19.9 Å². The van der Waals surface area contributed by atoms with Crippen molar-refractivity contribution in [3.63, 3.8) is 0 Å². The highest BCUT2D eigenvalue weighted by Crippen LogP contribution is 2.21. The molecule has 1 N–H and O–H groups in total. The molecule has 2 aliphatic heterocycles. The number of nitrogens with zero attached hydrogens (tertiary/aromatic N) is 2. The van der Waals surface area contributed by atoms with E-state index in [0.717, 1.165) is 30.9 Å². The highest BCUT2D eigenvalue weighted by atomic mass is 16.5. The maximum absolute atomic E-state index is 12.5. The highest BCUT2D eigenvalue weighted by Gasteiger charge is 2.29. The third-order valence-electron chi connectivity index (χ3n) is 4.18. The summed E-state index contributed by atoms with van der Waals surface area (Å²) in [6.45, 7) is 7.75. The molecule has 1 unspecified atom stereocenters. The molecular weight excluding hydrogens is 266 g/mol. The molecule has 3 rings (SSSR count). The summed E-state index contributed by atoms with van der Waals surface area (Å²) in [6.07, 6.45) is 0.505. The molecule has 2 aliphatic rings. The quantitative estimate of drug-likeness (QED) is 0.885. The standard InChI is InChI=1S/C16H23N3O2/c1-11(2)13-4-3-12-10-19(7-5-14(12)18-13)16(20)15-9-17-6-8-21-15/h3-4,11,15,17H,5-10H2,1-2H3. The Morgan fingerprint density at radius 2 is 2.33 bits per heavy atom. The van der Waals surface area contributed by atoms with E-state index in [0.29, 0.717) is 25.6 Å². The van der Waals surface area contributed by atoms with E-state index >= 15 is 0 Å². The fourth-order valence-electron chi connectivity index (χ4n) is 2.87. The van der Waals surface area contributed by atoms with Gasteiger partial charge in [0.1, 0.15) is 6.10 Å². The number of nitrogens with one attached hydrogen (secondary N) is 1. The van der Waals surface area contributed by atoms with E-state index in [1.165, 1.54) is 5.56 Å². The van der Waals surface area contributed by atoms with Crippen LogP contribution in [0.2, 0.25) is 0 Å². The number of rotatable bonds is 2. The van der Waals surface area contributed by atoms with Crippen LogP contribution >= 0.6 is 0 Å². The third-order valence-corrected chi connectivity index (χ3v) is 4.18. The summed E-state index contributed by atoms with van der Waals surface area (Å²) in [5, 5.41) is 3.21. The topological polar surface area (TPSA) is 54.5 Å². The molecule has 1 atom stereocenters. The van der Waals surface area contributed by atoms with E-state index in [-0.39, 0.29) is 12.0 Å². The summed E-state index contributed by atoms with van der Waals surface area (Å²) >= 11 is 0. The van der Waals surface area contributed by atoms with Crippen molar-refractivity contribution in [2.75, 3.05) is 26.2 Å². The average molecular weight is 289 g/mol.